The molecule has 0 aromatic heterocycles. The molecule has 0 aliphatic rings. The Morgan fingerprint density at radius 2 is 2.08 bits per heavy atom. The summed E-state index contributed by atoms with van der Waals surface area (Å²) in [5.41, 5.74) is 5.47. The molecule has 0 saturated carbocycles. The fraction of sp³-hybridized carbons (Fsp3) is 0.714. The number of aliphatic carboxylic acids is 1. The molecule has 5 heteroatoms. The lowest BCUT2D eigenvalue weighted by Crippen LogP contribution is -2.43. The smallest absolute Gasteiger partial charge is 0.307 e. The summed E-state index contributed by atoms with van der Waals surface area (Å²) in [6.07, 6.45) is 0. The highest BCUT2D eigenvalue weighted by Crippen LogP contribution is 1.98. The zero-order chi connectivity index (χ0) is 9.72. The third-order valence-corrected chi connectivity index (χ3v) is 1.62. The fourth-order valence-electron chi connectivity index (χ4n) is 0.621. The summed E-state index contributed by atoms with van der Waals surface area (Å²) in [6, 6.07) is -0.536. The normalized spacial score (nSPS) is 14.9. The number of nitrogens with two attached hydrogens (primary N) is 1. The number of carboxylic acid groups (broad SMARTS) is 1. The van der Waals surface area contributed by atoms with Crippen LogP contribution in [0, 0.1) is 5.92 Å². The Kier molecular flexibility index (Phi) is 4.28. The summed E-state index contributed by atoms with van der Waals surface area (Å²) in [5.74, 6) is -1.80. The fourth-order valence-corrected chi connectivity index (χ4v) is 0.621. The zero-order valence-corrected chi connectivity index (χ0v) is 7.20. The zero-order valence-electron chi connectivity index (χ0n) is 7.20. The van der Waals surface area contributed by atoms with E-state index < -0.39 is 17.9 Å². The van der Waals surface area contributed by atoms with E-state index in [4.69, 9.17) is 10.8 Å². The van der Waals surface area contributed by atoms with Crippen molar-refractivity contribution in [2.24, 2.45) is 11.7 Å². The molecule has 12 heavy (non-hydrogen) atoms. The molecule has 1 unspecified atom stereocenters. The molecule has 0 aliphatic carbocycles. The predicted octanol–water partition coefficient (Wildman–Crippen LogP) is -0.829. The molecule has 2 atom stereocenters. The van der Waals surface area contributed by atoms with E-state index in [1.165, 1.54) is 13.8 Å². The van der Waals surface area contributed by atoms with Crippen LogP contribution >= 0.6 is 0 Å². The molecule has 0 fully saturated rings. The SMILES string of the molecule is CC(=O)NC[C@H](N)C(C)C(=O)O. The average Bonchev–Trinajstić information content (AvgIpc) is 1.98. The predicted molar refractivity (Wildman–Crippen MR) is 43.5 cm³/mol. The van der Waals surface area contributed by atoms with E-state index in [-0.39, 0.29) is 12.5 Å². The Morgan fingerprint density at radius 1 is 1.58 bits per heavy atom. The quantitative estimate of drug-likeness (QED) is 0.518. The summed E-state index contributed by atoms with van der Waals surface area (Å²) >= 11 is 0. The number of carboxylic acids is 1. The molecule has 0 radical (unpaired) electrons. The molecule has 1 amide bonds. The number of hydrogen-bond acceptors (Lipinski definition) is 3. The lowest BCUT2D eigenvalue weighted by Gasteiger charge is -2.15. The molecule has 0 saturated heterocycles. The van der Waals surface area contributed by atoms with Gasteiger partial charge in [-0.3, -0.25) is 9.59 Å². The summed E-state index contributed by atoms with van der Waals surface area (Å²) < 4.78 is 0. The van der Waals surface area contributed by atoms with Crippen LogP contribution < -0.4 is 11.1 Å². The maximum atomic E-state index is 10.4. The van der Waals surface area contributed by atoms with Gasteiger partial charge >= 0.3 is 5.97 Å². The summed E-state index contributed by atoms with van der Waals surface area (Å²) in [5, 5.41) is 11.0. The van der Waals surface area contributed by atoms with Crippen molar-refractivity contribution >= 4 is 11.9 Å². The first-order valence-electron chi connectivity index (χ1n) is 3.68. The van der Waals surface area contributed by atoms with Gasteiger partial charge in [0, 0.05) is 19.5 Å². The van der Waals surface area contributed by atoms with Crippen molar-refractivity contribution in [1.29, 1.82) is 0 Å². The largest absolute Gasteiger partial charge is 0.481 e. The number of hydrogen-bond donors (Lipinski definition) is 3. The topological polar surface area (TPSA) is 92.4 Å². The summed E-state index contributed by atoms with van der Waals surface area (Å²) in [4.78, 5) is 20.8. The van der Waals surface area contributed by atoms with Crippen LogP contribution in [-0.4, -0.2) is 29.6 Å². The summed E-state index contributed by atoms with van der Waals surface area (Å²) in [6.45, 7) is 3.07. The van der Waals surface area contributed by atoms with Crippen LogP contribution in [0.4, 0.5) is 0 Å². The number of amides is 1. The van der Waals surface area contributed by atoms with Crippen molar-refractivity contribution in [1.82, 2.24) is 5.32 Å². The van der Waals surface area contributed by atoms with Gasteiger partial charge in [-0.25, -0.2) is 0 Å². The molecule has 0 aromatic carbocycles. The first kappa shape index (κ1) is 10.9. The Labute approximate surface area is 70.9 Å². The highest BCUT2D eigenvalue weighted by molar-refractivity contribution is 5.73. The van der Waals surface area contributed by atoms with Crippen LogP contribution in [0.2, 0.25) is 0 Å². The average molecular weight is 174 g/mol. The van der Waals surface area contributed by atoms with Crippen molar-refractivity contribution in [3.8, 4) is 0 Å². The molecular weight excluding hydrogens is 160 g/mol. The molecule has 4 N–H and O–H groups in total. The maximum Gasteiger partial charge on any atom is 0.307 e. The van der Waals surface area contributed by atoms with Gasteiger partial charge in [0.15, 0.2) is 0 Å². The third-order valence-electron chi connectivity index (χ3n) is 1.62. The lowest BCUT2D eigenvalue weighted by molar-refractivity contribution is -0.141. The third kappa shape index (κ3) is 3.92. The molecule has 70 valence electrons. The van der Waals surface area contributed by atoms with Gasteiger partial charge in [0.25, 0.3) is 0 Å². The van der Waals surface area contributed by atoms with Crippen LogP contribution in [0.25, 0.3) is 0 Å². The number of nitrogens with one attached hydrogen (secondary N) is 1. The highest BCUT2D eigenvalue weighted by Gasteiger charge is 2.19. The number of carbonyl (C=O) groups is 2. The minimum Gasteiger partial charge on any atom is -0.481 e. The van der Waals surface area contributed by atoms with E-state index in [2.05, 4.69) is 5.32 Å². The van der Waals surface area contributed by atoms with E-state index in [1.807, 2.05) is 0 Å². The van der Waals surface area contributed by atoms with Gasteiger partial charge in [0.2, 0.25) is 5.91 Å². The first-order chi connectivity index (χ1) is 5.45. The molecule has 5 nitrogen and oxygen atoms in total. The monoisotopic (exact) mass is 174 g/mol. The lowest BCUT2D eigenvalue weighted by atomic mass is 10.0. The maximum absolute atomic E-state index is 10.4. The Morgan fingerprint density at radius 3 is 2.42 bits per heavy atom. The van der Waals surface area contributed by atoms with Gasteiger partial charge < -0.3 is 16.2 Å². The molecule has 0 spiro atoms. The van der Waals surface area contributed by atoms with Crippen LogP contribution in [0.5, 0.6) is 0 Å². The van der Waals surface area contributed by atoms with Crippen LogP contribution in [0.1, 0.15) is 13.8 Å². The van der Waals surface area contributed by atoms with Crippen LogP contribution in [-0.2, 0) is 9.59 Å². The second kappa shape index (κ2) is 4.71. The Balaban J connectivity index is 3.79. The Hall–Kier alpha value is -1.10. The van der Waals surface area contributed by atoms with Gasteiger partial charge in [0.1, 0.15) is 0 Å². The van der Waals surface area contributed by atoms with Crippen LogP contribution in [0.15, 0.2) is 0 Å². The Bertz CT molecular complexity index is 181. The second-order valence-corrected chi connectivity index (χ2v) is 2.73. The van der Waals surface area contributed by atoms with Crippen molar-refractivity contribution in [2.45, 2.75) is 19.9 Å². The minimum absolute atomic E-state index is 0.197. The van der Waals surface area contributed by atoms with Crippen LogP contribution in [0.3, 0.4) is 0 Å². The van der Waals surface area contributed by atoms with Gasteiger partial charge in [-0.15, -0.1) is 0 Å². The van der Waals surface area contributed by atoms with Gasteiger partial charge in [-0.05, 0) is 0 Å². The van der Waals surface area contributed by atoms with E-state index in [0.29, 0.717) is 0 Å². The highest BCUT2D eigenvalue weighted by atomic mass is 16.4. The van der Waals surface area contributed by atoms with E-state index in [9.17, 15) is 9.59 Å². The van der Waals surface area contributed by atoms with E-state index in [0.717, 1.165) is 0 Å². The second-order valence-electron chi connectivity index (χ2n) is 2.73. The first-order valence-corrected chi connectivity index (χ1v) is 3.68. The molecule has 0 bridgehead atoms. The number of carbonyl (C=O) groups excluding carboxylic acids is 1. The van der Waals surface area contributed by atoms with Crippen molar-refractivity contribution in [3.05, 3.63) is 0 Å². The number of rotatable bonds is 4. The van der Waals surface area contributed by atoms with E-state index >= 15 is 0 Å². The minimum atomic E-state index is -0.951. The molecular formula is C7H14N2O3. The van der Waals surface area contributed by atoms with Crippen molar-refractivity contribution in [3.63, 3.8) is 0 Å². The standard InChI is InChI=1S/C7H14N2O3/c1-4(7(11)12)6(8)3-9-5(2)10/h4,6H,3,8H2,1-2H3,(H,9,10)(H,11,12)/t4?,6-/m0/s1. The molecule has 0 rings (SSSR count). The van der Waals surface area contributed by atoms with Gasteiger partial charge in [-0.2, -0.15) is 0 Å². The van der Waals surface area contributed by atoms with Gasteiger partial charge in [0.05, 0.1) is 5.92 Å². The molecule has 0 aliphatic heterocycles. The van der Waals surface area contributed by atoms with E-state index in [1.54, 1.807) is 0 Å². The molecule has 0 aromatic rings. The summed E-state index contributed by atoms with van der Waals surface area (Å²) in [7, 11) is 0. The van der Waals surface area contributed by atoms with Crippen molar-refractivity contribution in [2.75, 3.05) is 6.54 Å². The van der Waals surface area contributed by atoms with Gasteiger partial charge in [-0.1, -0.05) is 6.92 Å². The molecule has 0 heterocycles. The van der Waals surface area contributed by atoms with Crippen molar-refractivity contribution < 1.29 is 14.7 Å².